The van der Waals surface area contributed by atoms with Crippen LogP contribution in [0.4, 0.5) is 5.82 Å². The van der Waals surface area contributed by atoms with Crippen LogP contribution in [0.25, 0.3) is 0 Å². The van der Waals surface area contributed by atoms with Gasteiger partial charge in [-0.1, -0.05) is 0 Å². The topological polar surface area (TPSA) is 50.2 Å². The van der Waals surface area contributed by atoms with E-state index in [0.717, 1.165) is 11.5 Å². The summed E-state index contributed by atoms with van der Waals surface area (Å²) in [6.07, 6.45) is 3.17. The van der Waals surface area contributed by atoms with Crippen LogP contribution in [0.2, 0.25) is 0 Å². The summed E-state index contributed by atoms with van der Waals surface area (Å²) >= 11 is 0. The van der Waals surface area contributed by atoms with Crippen LogP contribution in [0.15, 0.2) is 17.5 Å². The van der Waals surface area contributed by atoms with Crippen molar-refractivity contribution >= 4 is 12.0 Å². The van der Waals surface area contributed by atoms with Gasteiger partial charge in [0, 0.05) is 18.0 Å². The lowest BCUT2D eigenvalue weighted by atomic mass is 10.4. The van der Waals surface area contributed by atoms with Gasteiger partial charge in [0.15, 0.2) is 0 Å². The first-order valence-electron chi connectivity index (χ1n) is 3.35. The molecule has 0 unspecified atom stereocenters. The Morgan fingerprint density at radius 1 is 1.55 bits per heavy atom. The first-order chi connectivity index (χ1) is 5.33. The van der Waals surface area contributed by atoms with E-state index in [0.29, 0.717) is 0 Å². The Kier molecular flexibility index (Phi) is 2.54. The van der Waals surface area contributed by atoms with Crippen LogP contribution in [0.3, 0.4) is 0 Å². The van der Waals surface area contributed by atoms with Gasteiger partial charge in [0.2, 0.25) is 0 Å². The van der Waals surface area contributed by atoms with Gasteiger partial charge in [-0.3, -0.25) is 5.43 Å². The van der Waals surface area contributed by atoms with E-state index in [1.165, 1.54) is 6.33 Å². The molecule has 1 N–H and O–H groups in total. The fourth-order valence-electron chi connectivity index (χ4n) is 0.646. The molecular formula is C7H10N4. The Morgan fingerprint density at radius 2 is 2.36 bits per heavy atom. The summed E-state index contributed by atoms with van der Waals surface area (Å²) in [5.74, 6) is 0.718. The highest BCUT2D eigenvalue weighted by Crippen LogP contribution is 2.01. The third-order valence-corrected chi connectivity index (χ3v) is 1.11. The average Bonchev–Trinajstić information content (AvgIpc) is 2.01. The molecule has 1 aromatic heterocycles. The first-order valence-corrected chi connectivity index (χ1v) is 3.35. The Balaban J connectivity index is 2.71. The van der Waals surface area contributed by atoms with Crippen LogP contribution in [0, 0.1) is 6.92 Å². The summed E-state index contributed by atoms with van der Waals surface area (Å²) in [5.41, 5.74) is 3.68. The quantitative estimate of drug-likeness (QED) is 0.509. The summed E-state index contributed by atoms with van der Waals surface area (Å²) < 4.78 is 0. The zero-order valence-corrected chi connectivity index (χ0v) is 6.57. The molecule has 0 bridgehead atoms. The van der Waals surface area contributed by atoms with E-state index in [1.54, 1.807) is 6.21 Å². The number of aromatic nitrogens is 2. The second-order valence-electron chi connectivity index (χ2n) is 2.04. The third-order valence-electron chi connectivity index (χ3n) is 1.11. The average molecular weight is 150 g/mol. The number of hydrazone groups is 1. The van der Waals surface area contributed by atoms with Crippen LogP contribution in [0.1, 0.15) is 12.6 Å². The minimum Gasteiger partial charge on any atom is -0.262 e. The lowest BCUT2D eigenvalue weighted by Crippen LogP contribution is -1.93. The Labute approximate surface area is 65.4 Å². The van der Waals surface area contributed by atoms with Crippen molar-refractivity contribution < 1.29 is 0 Å². The molecule has 4 heteroatoms. The Hall–Kier alpha value is -1.45. The van der Waals surface area contributed by atoms with Gasteiger partial charge in [-0.25, -0.2) is 9.97 Å². The summed E-state index contributed by atoms with van der Waals surface area (Å²) in [5, 5.41) is 3.82. The molecule has 0 atom stereocenters. The number of hydrogen-bond donors (Lipinski definition) is 1. The normalized spacial score (nSPS) is 10.4. The van der Waals surface area contributed by atoms with Crippen LogP contribution in [-0.2, 0) is 0 Å². The van der Waals surface area contributed by atoms with Gasteiger partial charge in [-0.2, -0.15) is 5.10 Å². The minimum absolute atomic E-state index is 0.718. The fourth-order valence-corrected chi connectivity index (χ4v) is 0.646. The summed E-state index contributed by atoms with van der Waals surface area (Å²) in [6.45, 7) is 3.74. The molecule has 0 aromatic carbocycles. The molecule has 0 saturated carbocycles. The van der Waals surface area contributed by atoms with Crippen molar-refractivity contribution in [3.63, 3.8) is 0 Å². The smallest absolute Gasteiger partial charge is 0.149 e. The van der Waals surface area contributed by atoms with Gasteiger partial charge in [0.05, 0.1) is 0 Å². The molecule has 0 radical (unpaired) electrons. The highest BCUT2D eigenvalue weighted by molar-refractivity contribution is 5.55. The maximum absolute atomic E-state index is 3.94. The highest BCUT2D eigenvalue weighted by Gasteiger charge is 1.89. The van der Waals surface area contributed by atoms with Crippen molar-refractivity contribution in [2.45, 2.75) is 13.8 Å². The van der Waals surface area contributed by atoms with Crippen LogP contribution < -0.4 is 5.43 Å². The predicted molar refractivity (Wildman–Crippen MR) is 44.6 cm³/mol. The van der Waals surface area contributed by atoms with Crippen LogP contribution >= 0.6 is 0 Å². The van der Waals surface area contributed by atoms with E-state index in [1.807, 2.05) is 19.9 Å². The van der Waals surface area contributed by atoms with Crippen molar-refractivity contribution in [2.75, 3.05) is 5.43 Å². The first kappa shape index (κ1) is 7.65. The number of hydrogen-bond acceptors (Lipinski definition) is 4. The molecule has 1 rings (SSSR count). The van der Waals surface area contributed by atoms with Gasteiger partial charge in [-0.15, -0.1) is 0 Å². The SMILES string of the molecule is C/C=N/Nc1cc(C)ncn1. The molecule has 4 nitrogen and oxygen atoms in total. The van der Waals surface area contributed by atoms with Crippen LogP contribution in [-0.4, -0.2) is 16.2 Å². The Morgan fingerprint density at radius 3 is 3.00 bits per heavy atom. The van der Waals surface area contributed by atoms with Gasteiger partial charge in [-0.05, 0) is 13.8 Å². The molecule has 0 saturated heterocycles. The van der Waals surface area contributed by atoms with Gasteiger partial charge < -0.3 is 0 Å². The number of rotatable bonds is 2. The molecular weight excluding hydrogens is 140 g/mol. The largest absolute Gasteiger partial charge is 0.262 e. The fraction of sp³-hybridized carbons (Fsp3) is 0.286. The number of nitrogens with one attached hydrogen (secondary N) is 1. The van der Waals surface area contributed by atoms with Crippen molar-refractivity contribution in [1.82, 2.24) is 9.97 Å². The molecule has 58 valence electrons. The standard InChI is InChI=1S/C7H10N4/c1-3-10-11-7-4-6(2)8-5-9-7/h3-5H,1-2H3,(H,8,9,11)/b10-3+. The van der Waals surface area contributed by atoms with Gasteiger partial charge in [0.1, 0.15) is 12.1 Å². The summed E-state index contributed by atoms with van der Waals surface area (Å²) in [6, 6.07) is 1.83. The van der Waals surface area contributed by atoms with E-state index in [4.69, 9.17) is 0 Å². The molecule has 0 aliphatic heterocycles. The molecule has 0 aliphatic carbocycles. The minimum atomic E-state index is 0.718. The van der Waals surface area contributed by atoms with Crippen molar-refractivity contribution in [3.05, 3.63) is 18.1 Å². The van der Waals surface area contributed by atoms with E-state index in [-0.39, 0.29) is 0 Å². The second-order valence-corrected chi connectivity index (χ2v) is 2.04. The maximum atomic E-state index is 3.94. The second kappa shape index (κ2) is 3.65. The molecule has 0 fully saturated rings. The zero-order chi connectivity index (χ0) is 8.10. The number of nitrogens with zero attached hydrogens (tertiary/aromatic N) is 3. The van der Waals surface area contributed by atoms with Crippen molar-refractivity contribution in [3.8, 4) is 0 Å². The maximum Gasteiger partial charge on any atom is 0.149 e. The van der Waals surface area contributed by atoms with Gasteiger partial charge >= 0.3 is 0 Å². The van der Waals surface area contributed by atoms with Crippen molar-refractivity contribution in [1.29, 1.82) is 0 Å². The molecule has 0 aliphatic rings. The number of anilines is 1. The molecule has 0 amide bonds. The summed E-state index contributed by atoms with van der Waals surface area (Å²) in [7, 11) is 0. The summed E-state index contributed by atoms with van der Waals surface area (Å²) in [4.78, 5) is 7.89. The van der Waals surface area contributed by atoms with E-state index < -0.39 is 0 Å². The predicted octanol–water partition coefficient (Wildman–Crippen LogP) is 1.20. The van der Waals surface area contributed by atoms with E-state index >= 15 is 0 Å². The molecule has 0 spiro atoms. The molecule has 11 heavy (non-hydrogen) atoms. The van der Waals surface area contributed by atoms with E-state index in [2.05, 4.69) is 20.5 Å². The zero-order valence-electron chi connectivity index (χ0n) is 6.57. The third kappa shape index (κ3) is 2.33. The number of aryl methyl sites for hydroxylation is 1. The Bertz CT molecular complexity index is 256. The molecule has 1 heterocycles. The monoisotopic (exact) mass is 150 g/mol. The lowest BCUT2D eigenvalue weighted by Gasteiger charge is -1.97. The highest BCUT2D eigenvalue weighted by atomic mass is 15.3. The lowest BCUT2D eigenvalue weighted by molar-refractivity contribution is 1.09. The van der Waals surface area contributed by atoms with Crippen molar-refractivity contribution in [2.24, 2.45) is 5.10 Å². The molecule has 1 aromatic rings. The van der Waals surface area contributed by atoms with E-state index in [9.17, 15) is 0 Å². The van der Waals surface area contributed by atoms with Crippen LogP contribution in [0.5, 0.6) is 0 Å². The van der Waals surface area contributed by atoms with Gasteiger partial charge in [0.25, 0.3) is 0 Å².